The molecule has 1 aliphatic rings. The third-order valence-electron chi connectivity index (χ3n) is 4.28. The molecule has 3 rings (SSSR count). The van der Waals surface area contributed by atoms with Gasteiger partial charge in [-0.2, -0.15) is 13.2 Å². The van der Waals surface area contributed by atoms with Crippen LogP contribution in [0.1, 0.15) is 29.5 Å². The topological polar surface area (TPSA) is 46.3 Å². The van der Waals surface area contributed by atoms with Gasteiger partial charge in [-0.1, -0.05) is 24.3 Å². The molecule has 0 saturated heterocycles. The van der Waals surface area contributed by atoms with E-state index in [-0.39, 0.29) is 30.8 Å². The van der Waals surface area contributed by atoms with Gasteiger partial charge < -0.3 is 10.6 Å². The number of alkyl halides is 3. The Labute approximate surface area is 156 Å². The summed E-state index contributed by atoms with van der Waals surface area (Å²) in [7, 11) is 0. The van der Waals surface area contributed by atoms with Crippen LogP contribution >= 0.6 is 12.4 Å². The number of nitrogens with zero attached hydrogens (tertiary/aromatic N) is 1. The van der Waals surface area contributed by atoms with E-state index < -0.39 is 11.7 Å². The highest BCUT2D eigenvalue weighted by molar-refractivity contribution is 5.85. The van der Waals surface area contributed by atoms with E-state index in [0.29, 0.717) is 17.8 Å². The summed E-state index contributed by atoms with van der Waals surface area (Å²) in [6.07, 6.45) is -2.21. The molecular formula is C19H20ClF3N2O. The van der Waals surface area contributed by atoms with E-state index in [1.165, 1.54) is 12.1 Å². The zero-order valence-corrected chi connectivity index (χ0v) is 14.8. The predicted molar refractivity (Wildman–Crippen MR) is 96.8 cm³/mol. The molecule has 0 bridgehead atoms. The Morgan fingerprint density at radius 2 is 1.54 bits per heavy atom. The van der Waals surface area contributed by atoms with Crippen LogP contribution in [0, 0.1) is 0 Å². The lowest BCUT2D eigenvalue weighted by Crippen LogP contribution is -2.33. The average Bonchev–Trinajstić information content (AvgIpc) is 3.39. The summed E-state index contributed by atoms with van der Waals surface area (Å²) in [5.41, 5.74) is 7.18. The van der Waals surface area contributed by atoms with Gasteiger partial charge in [-0.3, -0.25) is 4.79 Å². The van der Waals surface area contributed by atoms with Gasteiger partial charge in [0, 0.05) is 18.3 Å². The van der Waals surface area contributed by atoms with Crippen LogP contribution in [0.3, 0.4) is 0 Å². The Balaban J connectivity index is 0.00000243. The lowest BCUT2D eigenvalue weighted by atomic mass is 10.1. The summed E-state index contributed by atoms with van der Waals surface area (Å²) >= 11 is 0. The molecule has 2 aromatic carbocycles. The minimum Gasteiger partial charge on any atom is -0.399 e. The van der Waals surface area contributed by atoms with E-state index in [0.717, 1.165) is 30.5 Å². The van der Waals surface area contributed by atoms with E-state index >= 15 is 0 Å². The second-order valence-electron chi connectivity index (χ2n) is 6.37. The minimum atomic E-state index is -4.35. The van der Waals surface area contributed by atoms with E-state index in [4.69, 9.17) is 5.73 Å². The first kappa shape index (κ1) is 20.1. The molecular weight excluding hydrogens is 365 g/mol. The molecule has 3 nitrogen and oxygen atoms in total. The van der Waals surface area contributed by atoms with Crippen LogP contribution in [-0.4, -0.2) is 16.8 Å². The number of hydrogen-bond acceptors (Lipinski definition) is 2. The number of carbonyl (C=O) groups is 1. The van der Waals surface area contributed by atoms with Crippen molar-refractivity contribution in [3.8, 4) is 0 Å². The number of nitrogens with two attached hydrogens (primary N) is 1. The van der Waals surface area contributed by atoms with Crippen LogP contribution in [0.5, 0.6) is 0 Å². The molecule has 7 heteroatoms. The number of amides is 1. The Bertz CT molecular complexity index is 741. The standard InChI is InChI=1S/C19H19F3N2O.ClH/c20-19(21,22)15-5-1-14(2-6-15)12-24(17-9-10-17)18(25)11-13-3-7-16(23)8-4-13;/h1-8,17H,9-12,23H2;1H. The van der Waals surface area contributed by atoms with Crippen molar-refractivity contribution in [2.75, 3.05) is 5.73 Å². The molecule has 0 spiro atoms. The van der Waals surface area contributed by atoms with Gasteiger partial charge in [0.05, 0.1) is 12.0 Å². The van der Waals surface area contributed by atoms with Crippen LogP contribution in [-0.2, 0) is 23.9 Å². The molecule has 1 saturated carbocycles. The zero-order valence-electron chi connectivity index (χ0n) is 14.0. The fraction of sp³-hybridized carbons (Fsp3) is 0.316. The number of hydrogen-bond donors (Lipinski definition) is 1. The van der Waals surface area contributed by atoms with Crippen LogP contribution in [0.2, 0.25) is 0 Å². The molecule has 26 heavy (non-hydrogen) atoms. The first-order chi connectivity index (χ1) is 11.8. The molecule has 0 aromatic heterocycles. The van der Waals surface area contributed by atoms with Crippen LogP contribution in [0.15, 0.2) is 48.5 Å². The molecule has 0 aliphatic heterocycles. The van der Waals surface area contributed by atoms with Crippen molar-refractivity contribution in [1.82, 2.24) is 4.90 Å². The van der Waals surface area contributed by atoms with Crippen molar-refractivity contribution in [3.05, 3.63) is 65.2 Å². The highest BCUT2D eigenvalue weighted by atomic mass is 35.5. The Morgan fingerprint density at radius 3 is 2.04 bits per heavy atom. The van der Waals surface area contributed by atoms with Gasteiger partial charge in [0.1, 0.15) is 0 Å². The van der Waals surface area contributed by atoms with Gasteiger partial charge in [0.25, 0.3) is 0 Å². The van der Waals surface area contributed by atoms with Crippen molar-refractivity contribution in [1.29, 1.82) is 0 Å². The van der Waals surface area contributed by atoms with E-state index in [1.807, 2.05) is 12.1 Å². The summed E-state index contributed by atoms with van der Waals surface area (Å²) in [6.45, 7) is 0.330. The molecule has 1 aliphatic carbocycles. The maximum Gasteiger partial charge on any atom is 0.416 e. The fourth-order valence-electron chi connectivity index (χ4n) is 2.71. The van der Waals surface area contributed by atoms with Gasteiger partial charge >= 0.3 is 6.18 Å². The van der Waals surface area contributed by atoms with Crippen LogP contribution in [0.4, 0.5) is 18.9 Å². The van der Waals surface area contributed by atoms with Crippen molar-refractivity contribution in [2.24, 2.45) is 0 Å². The lowest BCUT2D eigenvalue weighted by molar-refractivity contribution is -0.137. The molecule has 0 radical (unpaired) electrons. The quantitative estimate of drug-likeness (QED) is 0.774. The SMILES string of the molecule is Cl.Nc1ccc(CC(=O)N(Cc2ccc(C(F)(F)F)cc2)C2CC2)cc1. The van der Waals surface area contributed by atoms with Crippen molar-refractivity contribution in [2.45, 2.75) is 38.0 Å². The van der Waals surface area contributed by atoms with E-state index in [9.17, 15) is 18.0 Å². The molecule has 0 atom stereocenters. The third-order valence-corrected chi connectivity index (χ3v) is 4.28. The van der Waals surface area contributed by atoms with E-state index in [2.05, 4.69) is 0 Å². The lowest BCUT2D eigenvalue weighted by Gasteiger charge is -2.23. The van der Waals surface area contributed by atoms with E-state index in [1.54, 1.807) is 17.0 Å². The van der Waals surface area contributed by atoms with Crippen molar-refractivity contribution >= 4 is 24.0 Å². The van der Waals surface area contributed by atoms with Gasteiger partial charge in [-0.25, -0.2) is 0 Å². The van der Waals surface area contributed by atoms with Crippen LogP contribution < -0.4 is 5.73 Å². The second-order valence-corrected chi connectivity index (χ2v) is 6.37. The number of anilines is 1. The average molecular weight is 385 g/mol. The van der Waals surface area contributed by atoms with Crippen LogP contribution in [0.25, 0.3) is 0 Å². The molecule has 2 N–H and O–H groups in total. The molecule has 1 fully saturated rings. The molecule has 2 aromatic rings. The summed E-state index contributed by atoms with van der Waals surface area (Å²) < 4.78 is 37.9. The Kier molecular flexibility index (Phi) is 6.18. The van der Waals surface area contributed by atoms with Crippen molar-refractivity contribution < 1.29 is 18.0 Å². The maximum absolute atomic E-state index is 12.6. The molecule has 0 heterocycles. The monoisotopic (exact) mass is 384 g/mol. The Hall–Kier alpha value is -2.21. The number of halogens is 4. The predicted octanol–water partition coefficient (Wildman–Crippen LogP) is 4.44. The smallest absolute Gasteiger partial charge is 0.399 e. The molecule has 0 unspecified atom stereocenters. The summed E-state index contributed by atoms with van der Waals surface area (Å²) in [5, 5.41) is 0. The number of benzene rings is 2. The molecule has 1 amide bonds. The third kappa shape index (κ3) is 5.14. The normalized spacial score (nSPS) is 13.8. The second kappa shape index (κ2) is 7.99. The summed E-state index contributed by atoms with van der Waals surface area (Å²) in [4.78, 5) is 14.4. The largest absolute Gasteiger partial charge is 0.416 e. The number of carbonyl (C=O) groups excluding carboxylic acids is 1. The summed E-state index contributed by atoms with van der Waals surface area (Å²) in [5.74, 6) is -0.0211. The fourth-order valence-corrected chi connectivity index (χ4v) is 2.71. The van der Waals surface area contributed by atoms with Gasteiger partial charge in [0.2, 0.25) is 5.91 Å². The van der Waals surface area contributed by atoms with Gasteiger partial charge in [-0.15, -0.1) is 12.4 Å². The summed E-state index contributed by atoms with van der Waals surface area (Å²) in [6, 6.07) is 12.3. The highest BCUT2D eigenvalue weighted by Crippen LogP contribution is 2.31. The van der Waals surface area contributed by atoms with Gasteiger partial charge in [0.15, 0.2) is 0 Å². The maximum atomic E-state index is 12.6. The number of rotatable bonds is 5. The minimum absolute atomic E-state index is 0. The Morgan fingerprint density at radius 1 is 1.00 bits per heavy atom. The highest BCUT2D eigenvalue weighted by Gasteiger charge is 2.33. The first-order valence-electron chi connectivity index (χ1n) is 8.13. The van der Waals surface area contributed by atoms with Crippen molar-refractivity contribution in [3.63, 3.8) is 0 Å². The zero-order chi connectivity index (χ0) is 18.0. The number of nitrogen functional groups attached to an aromatic ring is 1. The van der Waals surface area contributed by atoms with Gasteiger partial charge in [-0.05, 0) is 48.2 Å². The first-order valence-corrected chi connectivity index (χ1v) is 8.13. The molecule has 140 valence electrons.